The van der Waals surface area contributed by atoms with Gasteiger partial charge >= 0.3 is 5.69 Å². The smallest absolute Gasteiger partial charge is 0.298 e. The molecule has 0 fully saturated rings. The molecule has 2 aromatic heterocycles. The summed E-state index contributed by atoms with van der Waals surface area (Å²) >= 11 is 1.34. The van der Waals surface area contributed by atoms with Gasteiger partial charge in [-0.3, -0.25) is 14.3 Å². The van der Waals surface area contributed by atoms with Crippen molar-refractivity contribution < 1.29 is 4.39 Å². The van der Waals surface area contributed by atoms with E-state index in [1.165, 1.54) is 29.0 Å². The van der Waals surface area contributed by atoms with Gasteiger partial charge in [0.2, 0.25) is 0 Å². The van der Waals surface area contributed by atoms with Gasteiger partial charge in [0, 0.05) is 10.9 Å². The number of halogens is 1. The molecule has 2 heterocycles. The number of nitrogens with one attached hydrogen (secondary N) is 1. The summed E-state index contributed by atoms with van der Waals surface area (Å²) in [7, 11) is 0. The van der Waals surface area contributed by atoms with E-state index < -0.39 is 11.5 Å². The van der Waals surface area contributed by atoms with Gasteiger partial charge < -0.3 is 0 Å². The van der Waals surface area contributed by atoms with Gasteiger partial charge in [-0.15, -0.1) is 11.3 Å². The van der Waals surface area contributed by atoms with E-state index in [1.807, 2.05) is 17.5 Å². The number of aromatic amines is 1. The molecular weight excluding hydrogens is 375 g/mol. The Balaban J connectivity index is 1.84. The minimum absolute atomic E-state index is 0.0173. The fraction of sp³-hybridized carbons (Fsp3) is 0.182. The predicted octanol–water partition coefficient (Wildman–Crippen LogP) is 4.73. The standard InChI is InChI=1S/C22H19FN2O2S/c1-13(2)15-6-8-16(9-7-15)18-12-28-20-19(18)21(26)25(22(27)24-20)11-14-4-3-5-17(23)10-14/h3-10,12-13H,11H2,1-2H3,(H,24,27). The minimum atomic E-state index is -0.495. The van der Waals surface area contributed by atoms with Crippen LogP contribution in [0.3, 0.4) is 0 Å². The molecular formula is C22H19FN2O2S. The lowest BCUT2D eigenvalue weighted by Gasteiger charge is -2.08. The van der Waals surface area contributed by atoms with Crippen LogP contribution in [0.5, 0.6) is 0 Å². The summed E-state index contributed by atoms with van der Waals surface area (Å²) < 4.78 is 14.6. The molecule has 28 heavy (non-hydrogen) atoms. The van der Waals surface area contributed by atoms with Crippen molar-refractivity contribution in [2.45, 2.75) is 26.3 Å². The number of benzene rings is 2. The summed E-state index contributed by atoms with van der Waals surface area (Å²) in [5, 5.41) is 2.37. The van der Waals surface area contributed by atoms with Gasteiger partial charge in [0.1, 0.15) is 10.6 Å². The van der Waals surface area contributed by atoms with Crippen molar-refractivity contribution in [1.82, 2.24) is 9.55 Å². The summed E-state index contributed by atoms with van der Waals surface area (Å²) in [5.41, 5.74) is 2.64. The first-order valence-corrected chi connectivity index (χ1v) is 9.91. The fourth-order valence-electron chi connectivity index (χ4n) is 3.28. The molecule has 0 saturated carbocycles. The molecule has 0 saturated heterocycles. The highest BCUT2D eigenvalue weighted by Crippen LogP contribution is 2.31. The Morgan fingerprint density at radius 1 is 1.11 bits per heavy atom. The van der Waals surface area contributed by atoms with Crippen LogP contribution in [0.15, 0.2) is 63.5 Å². The maximum atomic E-state index is 13.5. The zero-order chi connectivity index (χ0) is 19.8. The molecule has 4 nitrogen and oxygen atoms in total. The van der Waals surface area contributed by atoms with Crippen LogP contribution in [0.1, 0.15) is 30.9 Å². The van der Waals surface area contributed by atoms with Gasteiger partial charge in [0.25, 0.3) is 5.56 Å². The molecule has 0 aliphatic heterocycles. The fourth-order valence-corrected chi connectivity index (χ4v) is 4.23. The van der Waals surface area contributed by atoms with Crippen LogP contribution in [-0.2, 0) is 6.54 Å². The van der Waals surface area contributed by atoms with Gasteiger partial charge in [-0.05, 0) is 34.7 Å². The second-order valence-corrected chi connectivity index (χ2v) is 7.96. The molecule has 0 aliphatic carbocycles. The number of hydrogen-bond acceptors (Lipinski definition) is 3. The summed E-state index contributed by atoms with van der Waals surface area (Å²) in [6.07, 6.45) is 0. The predicted molar refractivity (Wildman–Crippen MR) is 112 cm³/mol. The van der Waals surface area contributed by atoms with Gasteiger partial charge in [0.05, 0.1) is 11.9 Å². The van der Waals surface area contributed by atoms with Crippen molar-refractivity contribution in [3.05, 3.63) is 91.7 Å². The Kier molecular flexibility index (Phi) is 4.73. The van der Waals surface area contributed by atoms with Crippen molar-refractivity contribution in [1.29, 1.82) is 0 Å². The molecule has 0 bridgehead atoms. The van der Waals surface area contributed by atoms with E-state index in [4.69, 9.17) is 0 Å². The van der Waals surface area contributed by atoms with Crippen molar-refractivity contribution in [2.24, 2.45) is 0 Å². The highest BCUT2D eigenvalue weighted by Gasteiger charge is 2.15. The number of nitrogens with zero attached hydrogens (tertiary/aromatic N) is 1. The highest BCUT2D eigenvalue weighted by atomic mass is 32.1. The first kappa shape index (κ1) is 18.4. The van der Waals surface area contributed by atoms with Crippen LogP contribution < -0.4 is 11.2 Å². The Morgan fingerprint density at radius 2 is 1.86 bits per heavy atom. The van der Waals surface area contributed by atoms with Gasteiger partial charge in [-0.2, -0.15) is 0 Å². The number of H-pyrrole nitrogens is 1. The summed E-state index contributed by atoms with van der Waals surface area (Å²) in [4.78, 5) is 28.9. The zero-order valence-corrected chi connectivity index (χ0v) is 16.3. The molecule has 0 amide bonds. The van der Waals surface area contributed by atoms with Crippen molar-refractivity contribution in [3.63, 3.8) is 0 Å². The molecule has 0 radical (unpaired) electrons. The lowest BCUT2D eigenvalue weighted by atomic mass is 9.99. The van der Waals surface area contributed by atoms with Crippen LogP contribution in [0.4, 0.5) is 4.39 Å². The summed E-state index contributed by atoms with van der Waals surface area (Å²) in [6.45, 7) is 4.28. The zero-order valence-electron chi connectivity index (χ0n) is 15.5. The summed E-state index contributed by atoms with van der Waals surface area (Å²) in [5.74, 6) is 0.0256. The number of thiophene rings is 1. The summed E-state index contributed by atoms with van der Waals surface area (Å²) in [6, 6.07) is 14.0. The van der Waals surface area contributed by atoms with Crippen LogP contribution in [-0.4, -0.2) is 9.55 Å². The van der Waals surface area contributed by atoms with Crippen LogP contribution in [0, 0.1) is 5.82 Å². The van der Waals surface area contributed by atoms with Crippen LogP contribution >= 0.6 is 11.3 Å². The third-order valence-electron chi connectivity index (χ3n) is 4.83. The molecule has 4 rings (SSSR count). The lowest BCUT2D eigenvalue weighted by molar-refractivity contribution is 0.621. The molecule has 4 aromatic rings. The molecule has 0 unspecified atom stereocenters. The first-order valence-electron chi connectivity index (χ1n) is 9.03. The van der Waals surface area contributed by atoms with E-state index in [9.17, 15) is 14.0 Å². The number of rotatable bonds is 4. The normalized spacial score (nSPS) is 11.4. The Morgan fingerprint density at radius 3 is 2.54 bits per heavy atom. The van der Waals surface area contributed by atoms with Gasteiger partial charge in [-0.25, -0.2) is 9.18 Å². The quantitative estimate of drug-likeness (QED) is 0.544. The Hall–Kier alpha value is -2.99. The lowest BCUT2D eigenvalue weighted by Crippen LogP contribution is -2.35. The highest BCUT2D eigenvalue weighted by molar-refractivity contribution is 7.17. The second-order valence-electron chi connectivity index (χ2n) is 7.08. The van der Waals surface area contributed by atoms with E-state index in [-0.39, 0.29) is 12.1 Å². The molecule has 2 aromatic carbocycles. The van der Waals surface area contributed by atoms with E-state index in [2.05, 4.69) is 31.0 Å². The van der Waals surface area contributed by atoms with E-state index in [0.29, 0.717) is 21.7 Å². The van der Waals surface area contributed by atoms with E-state index >= 15 is 0 Å². The average Bonchev–Trinajstić information content (AvgIpc) is 3.09. The van der Waals surface area contributed by atoms with Gasteiger partial charge in [0.15, 0.2) is 0 Å². The third kappa shape index (κ3) is 3.31. The number of hydrogen-bond donors (Lipinski definition) is 1. The number of fused-ring (bicyclic) bond motifs is 1. The maximum Gasteiger partial charge on any atom is 0.329 e. The molecule has 6 heteroatoms. The molecule has 142 valence electrons. The molecule has 0 spiro atoms. The first-order chi connectivity index (χ1) is 13.4. The molecule has 1 N–H and O–H groups in total. The van der Waals surface area contributed by atoms with Gasteiger partial charge in [-0.1, -0.05) is 50.2 Å². The minimum Gasteiger partial charge on any atom is -0.298 e. The monoisotopic (exact) mass is 394 g/mol. The van der Waals surface area contributed by atoms with Crippen molar-refractivity contribution in [3.8, 4) is 11.1 Å². The topological polar surface area (TPSA) is 54.9 Å². The molecule has 0 aliphatic rings. The van der Waals surface area contributed by atoms with E-state index in [0.717, 1.165) is 15.7 Å². The van der Waals surface area contributed by atoms with Crippen molar-refractivity contribution >= 4 is 21.6 Å². The van der Waals surface area contributed by atoms with Crippen LogP contribution in [0.2, 0.25) is 0 Å². The number of aromatic nitrogens is 2. The van der Waals surface area contributed by atoms with E-state index in [1.54, 1.807) is 12.1 Å². The van der Waals surface area contributed by atoms with Crippen molar-refractivity contribution in [2.75, 3.05) is 0 Å². The SMILES string of the molecule is CC(C)c1ccc(-c2csc3[nH]c(=O)n(Cc4cccc(F)c4)c(=O)c23)cc1. The third-order valence-corrected chi connectivity index (χ3v) is 5.73. The second kappa shape index (κ2) is 7.20. The average molecular weight is 394 g/mol. The maximum absolute atomic E-state index is 13.5. The van der Waals surface area contributed by atoms with Crippen LogP contribution in [0.25, 0.3) is 21.3 Å². The largest absolute Gasteiger partial charge is 0.329 e. The Labute approximate surface area is 164 Å². The molecule has 0 atom stereocenters. The Bertz CT molecular complexity index is 1270.